The van der Waals surface area contributed by atoms with Crippen molar-refractivity contribution in [3.8, 4) is 0 Å². The van der Waals surface area contributed by atoms with Crippen LogP contribution in [0.3, 0.4) is 0 Å². The second-order valence-electron chi connectivity index (χ2n) is 7.41. The lowest BCUT2D eigenvalue weighted by molar-refractivity contribution is -0.134. The average Bonchev–Trinajstić information content (AvgIpc) is 2.70. The van der Waals surface area contributed by atoms with E-state index in [0.717, 1.165) is 0 Å². The number of carbonyl (C=O) groups is 5. The Kier molecular flexibility index (Phi) is 13.4. The van der Waals surface area contributed by atoms with Crippen molar-refractivity contribution in [3.05, 3.63) is 0 Å². The molecule has 4 atom stereocenters. The zero-order valence-electron chi connectivity index (χ0n) is 17.7. The highest BCUT2D eigenvalue weighted by molar-refractivity contribution is 7.80. The number of aldehydes is 1. The Morgan fingerprint density at radius 3 is 1.73 bits per heavy atom. The Hall–Kier alpha value is -1.79. The monoisotopic (exact) mass is 463 g/mol. The van der Waals surface area contributed by atoms with E-state index in [9.17, 15) is 24.0 Å². The molecule has 10 nitrogen and oxygen atoms in total. The molecule has 0 heterocycles. The third-order valence-corrected chi connectivity index (χ3v) is 4.96. The average molecular weight is 464 g/mol. The summed E-state index contributed by atoms with van der Waals surface area (Å²) in [6.07, 6.45) is 0.536. The van der Waals surface area contributed by atoms with E-state index in [1.165, 1.54) is 0 Å². The van der Waals surface area contributed by atoms with Crippen LogP contribution in [0.1, 0.15) is 27.7 Å². The van der Waals surface area contributed by atoms with E-state index in [4.69, 9.17) is 5.73 Å². The van der Waals surface area contributed by atoms with Crippen LogP contribution in [0.15, 0.2) is 0 Å². The summed E-state index contributed by atoms with van der Waals surface area (Å²) >= 11 is 8.07. The fourth-order valence-corrected chi connectivity index (χ4v) is 2.80. The van der Waals surface area contributed by atoms with Gasteiger partial charge in [-0.15, -0.1) is 0 Å². The van der Waals surface area contributed by atoms with Crippen LogP contribution in [0.5, 0.6) is 0 Å². The maximum absolute atomic E-state index is 12.7. The predicted molar refractivity (Wildman–Crippen MR) is 120 cm³/mol. The summed E-state index contributed by atoms with van der Waals surface area (Å²) in [4.78, 5) is 60.0. The van der Waals surface area contributed by atoms with Crippen LogP contribution in [-0.2, 0) is 24.0 Å². The molecular weight excluding hydrogens is 430 g/mol. The van der Waals surface area contributed by atoms with E-state index in [1.807, 2.05) is 0 Å². The minimum absolute atomic E-state index is 0.0345. The predicted octanol–water partition coefficient (Wildman–Crippen LogP) is -1.75. The van der Waals surface area contributed by atoms with Gasteiger partial charge in [0.1, 0.15) is 24.4 Å². The van der Waals surface area contributed by atoms with Crippen LogP contribution in [0.4, 0.5) is 0 Å². The van der Waals surface area contributed by atoms with Gasteiger partial charge in [0.25, 0.3) is 0 Å². The Morgan fingerprint density at radius 1 is 0.800 bits per heavy atom. The third kappa shape index (κ3) is 9.35. The van der Waals surface area contributed by atoms with Gasteiger partial charge in [-0.25, -0.2) is 0 Å². The van der Waals surface area contributed by atoms with E-state index in [2.05, 4.69) is 46.5 Å². The highest BCUT2D eigenvalue weighted by Gasteiger charge is 2.31. The first-order valence-electron chi connectivity index (χ1n) is 9.59. The van der Waals surface area contributed by atoms with Gasteiger partial charge in [0.05, 0.1) is 12.6 Å². The summed E-state index contributed by atoms with van der Waals surface area (Å²) in [7, 11) is 0. The van der Waals surface area contributed by atoms with Crippen LogP contribution < -0.4 is 27.0 Å². The number of nitrogens with two attached hydrogens (primary N) is 1. The number of rotatable bonds is 13. The van der Waals surface area contributed by atoms with E-state index < -0.39 is 47.8 Å². The molecule has 0 rings (SSSR count). The number of nitrogens with one attached hydrogen (secondary N) is 4. The minimum Gasteiger partial charge on any atom is -0.348 e. The molecule has 0 aliphatic heterocycles. The summed E-state index contributed by atoms with van der Waals surface area (Å²) in [5, 5.41) is 10.1. The summed E-state index contributed by atoms with van der Waals surface area (Å²) < 4.78 is 0. The van der Waals surface area contributed by atoms with E-state index in [1.54, 1.807) is 27.7 Å². The van der Waals surface area contributed by atoms with Crippen molar-refractivity contribution in [2.45, 2.75) is 51.9 Å². The lowest BCUT2D eigenvalue weighted by atomic mass is 10.0. The van der Waals surface area contributed by atoms with Crippen molar-refractivity contribution in [3.63, 3.8) is 0 Å². The highest BCUT2D eigenvalue weighted by Crippen LogP contribution is 2.06. The molecular formula is C18H33N5O5S2. The van der Waals surface area contributed by atoms with Gasteiger partial charge in [0.2, 0.25) is 23.6 Å². The first kappa shape index (κ1) is 28.2. The molecule has 0 bridgehead atoms. The molecule has 0 aliphatic carbocycles. The van der Waals surface area contributed by atoms with Gasteiger partial charge in [-0.1, -0.05) is 27.7 Å². The third-order valence-electron chi connectivity index (χ3n) is 4.20. The molecule has 0 aromatic heterocycles. The molecule has 0 saturated heterocycles. The topological polar surface area (TPSA) is 159 Å². The minimum atomic E-state index is -1.04. The van der Waals surface area contributed by atoms with Gasteiger partial charge in [-0.05, 0) is 11.8 Å². The van der Waals surface area contributed by atoms with Crippen molar-refractivity contribution in [2.75, 3.05) is 18.1 Å². The molecule has 0 radical (unpaired) electrons. The van der Waals surface area contributed by atoms with Crippen LogP contribution in [-0.4, -0.2) is 72.1 Å². The SMILES string of the molecule is CC(C)[C@H](NC(=O)C(N)CS)C(=O)N[C@@H](CS)C(=O)N[C@H](C(=O)NCC=O)C(C)C. The number of carbonyl (C=O) groups excluding carboxylic acids is 5. The molecule has 30 heavy (non-hydrogen) atoms. The Morgan fingerprint density at radius 2 is 1.30 bits per heavy atom. The van der Waals surface area contributed by atoms with Gasteiger partial charge in [-0.3, -0.25) is 19.2 Å². The molecule has 4 amide bonds. The van der Waals surface area contributed by atoms with Gasteiger partial charge in [0.15, 0.2) is 0 Å². The maximum atomic E-state index is 12.7. The number of hydrogen-bond donors (Lipinski definition) is 7. The molecule has 0 fully saturated rings. The van der Waals surface area contributed by atoms with Crippen LogP contribution in [0.2, 0.25) is 0 Å². The van der Waals surface area contributed by atoms with Crippen molar-refractivity contribution in [1.82, 2.24) is 21.3 Å². The first-order valence-corrected chi connectivity index (χ1v) is 10.9. The maximum Gasteiger partial charge on any atom is 0.244 e. The lowest BCUT2D eigenvalue weighted by Crippen LogP contribution is -2.60. The van der Waals surface area contributed by atoms with Crippen molar-refractivity contribution in [1.29, 1.82) is 0 Å². The Bertz CT molecular complexity index is 618. The van der Waals surface area contributed by atoms with E-state index in [0.29, 0.717) is 6.29 Å². The second-order valence-corrected chi connectivity index (χ2v) is 8.14. The molecule has 172 valence electrons. The number of amides is 4. The van der Waals surface area contributed by atoms with Crippen molar-refractivity contribution in [2.24, 2.45) is 17.6 Å². The second kappa shape index (κ2) is 14.3. The van der Waals surface area contributed by atoms with Gasteiger partial charge in [-0.2, -0.15) is 25.3 Å². The molecule has 0 saturated carbocycles. The van der Waals surface area contributed by atoms with Crippen LogP contribution in [0, 0.1) is 11.8 Å². The van der Waals surface area contributed by atoms with Gasteiger partial charge in [0, 0.05) is 11.5 Å². The fraction of sp³-hybridized carbons (Fsp3) is 0.722. The molecule has 0 spiro atoms. The lowest BCUT2D eigenvalue weighted by Gasteiger charge is -2.27. The van der Waals surface area contributed by atoms with E-state index >= 15 is 0 Å². The Labute approximate surface area is 188 Å². The molecule has 1 unspecified atom stereocenters. The van der Waals surface area contributed by atoms with Crippen molar-refractivity contribution < 1.29 is 24.0 Å². The quantitative estimate of drug-likeness (QED) is 0.127. The van der Waals surface area contributed by atoms with Gasteiger partial charge >= 0.3 is 0 Å². The Balaban J connectivity index is 5.21. The smallest absolute Gasteiger partial charge is 0.244 e. The zero-order chi connectivity index (χ0) is 23.4. The molecule has 0 aliphatic rings. The largest absolute Gasteiger partial charge is 0.348 e. The molecule has 6 N–H and O–H groups in total. The summed E-state index contributed by atoms with van der Waals surface area (Å²) in [6, 6.07) is -3.73. The van der Waals surface area contributed by atoms with Crippen LogP contribution >= 0.6 is 25.3 Å². The number of thiol groups is 2. The highest BCUT2D eigenvalue weighted by atomic mass is 32.1. The van der Waals surface area contributed by atoms with Crippen LogP contribution in [0.25, 0.3) is 0 Å². The molecule has 12 heteroatoms. The summed E-state index contributed by atoms with van der Waals surface area (Å²) in [6.45, 7) is 6.76. The van der Waals surface area contributed by atoms with Gasteiger partial charge < -0.3 is 31.8 Å². The van der Waals surface area contributed by atoms with Crippen molar-refractivity contribution >= 4 is 55.2 Å². The first-order chi connectivity index (χ1) is 14.0. The number of hydrogen-bond acceptors (Lipinski definition) is 8. The fourth-order valence-electron chi connectivity index (χ4n) is 2.37. The summed E-state index contributed by atoms with van der Waals surface area (Å²) in [5.74, 6) is -2.69. The van der Waals surface area contributed by atoms with E-state index in [-0.39, 0.29) is 29.9 Å². The summed E-state index contributed by atoms with van der Waals surface area (Å²) in [5.41, 5.74) is 5.63. The standard InChI is InChI=1S/C18H33N5O5S2/c1-9(2)13(17(27)20-5-6-24)23-16(26)12(8-30)21-18(28)14(10(3)4)22-15(25)11(19)7-29/h6,9-14,29-30H,5,7-8,19H2,1-4H3,(H,20,27)(H,21,28)(H,22,25)(H,23,26)/t11?,12-,13-,14-/m0/s1. The zero-order valence-corrected chi connectivity index (χ0v) is 19.5. The molecule has 0 aromatic carbocycles. The normalized spacial score (nSPS) is 15.0. The molecule has 0 aromatic rings.